The first kappa shape index (κ1) is 19.8. The van der Waals surface area contributed by atoms with Crippen molar-refractivity contribution in [3.05, 3.63) is 51.5 Å². The van der Waals surface area contributed by atoms with Gasteiger partial charge in [0.05, 0.1) is 4.47 Å². The molecule has 0 unspecified atom stereocenters. The van der Waals surface area contributed by atoms with Crippen molar-refractivity contribution in [3.63, 3.8) is 0 Å². The van der Waals surface area contributed by atoms with E-state index >= 15 is 0 Å². The maximum atomic E-state index is 13.8. The normalized spacial score (nSPS) is 16.0. The summed E-state index contributed by atoms with van der Waals surface area (Å²) in [6.07, 6.45) is -4.61. The number of piperazine rings is 1. The van der Waals surface area contributed by atoms with E-state index in [1.807, 2.05) is 4.90 Å². The predicted molar refractivity (Wildman–Crippen MR) is 93.5 cm³/mol. The van der Waals surface area contributed by atoms with Gasteiger partial charge < -0.3 is 4.90 Å². The van der Waals surface area contributed by atoms with Gasteiger partial charge in [-0.3, -0.25) is 14.4 Å². The molecule has 0 radical (unpaired) electrons. The lowest BCUT2D eigenvalue weighted by Gasteiger charge is -2.34. The van der Waals surface area contributed by atoms with Crippen molar-refractivity contribution in [2.75, 3.05) is 26.2 Å². The molecule has 3 rings (SSSR count). The van der Waals surface area contributed by atoms with E-state index in [0.29, 0.717) is 43.0 Å². The van der Waals surface area contributed by atoms with Crippen LogP contribution in [0.2, 0.25) is 0 Å². The van der Waals surface area contributed by atoms with E-state index in [9.17, 15) is 22.4 Å². The summed E-state index contributed by atoms with van der Waals surface area (Å²) in [5, 5.41) is 3.75. The molecule has 27 heavy (non-hydrogen) atoms. The fourth-order valence-electron chi connectivity index (χ4n) is 3.07. The summed E-state index contributed by atoms with van der Waals surface area (Å²) in [7, 11) is 1.15. The number of carbonyl (C=O) groups is 1. The van der Waals surface area contributed by atoms with Gasteiger partial charge in [0, 0.05) is 45.3 Å². The molecule has 0 bridgehead atoms. The molecular formula is C17H17BrF4N4O. The number of carbonyl (C=O) groups excluding carboxylic acids is 1. The smallest absolute Gasteiger partial charge is 0.335 e. The second kappa shape index (κ2) is 7.59. The molecule has 0 saturated carbocycles. The van der Waals surface area contributed by atoms with Crippen LogP contribution < -0.4 is 0 Å². The highest BCUT2D eigenvalue weighted by atomic mass is 79.9. The largest absolute Gasteiger partial charge is 0.434 e. The van der Waals surface area contributed by atoms with Crippen molar-refractivity contribution in [2.45, 2.75) is 12.7 Å². The quantitative estimate of drug-likeness (QED) is 0.676. The molecule has 0 atom stereocenters. The molecule has 10 heteroatoms. The van der Waals surface area contributed by atoms with E-state index in [1.165, 1.54) is 11.0 Å². The molecule has 0 aliphatic carbocycles. The summed E-state index contributed by atoms with van der Waals surface area (Å²) in [6, 6.07) is 6.48. The number of halogens is 5. The SMILES string of the molecule is Cn1nc(C(=O)N2CCN(Cc3ccccc3F)CC2)c(Br)c1C(F)(F)F. The number of amides is 1. The zero-order valence-electron chi connectivity index (χ0n) is 14.4. The number of rotatable bonds is 3. The lowest BCUT2D eigenvalue weighted by molar-refractivity contribution is -0.144. The Morgan fingerprint density at radius 1 is 1.19 bits per heavy atom. The Kier molecular flexibility index (Phi) is 5.57. The number of hydrogen-bond donors (Lipinski definition) is 0. The Labute approximate surface area is 161 Å². The van der Waals surface area contributed by atoms with Gasteiger partial charge in [-0.2, -0.15) is 18.3 Å². The third-order valence-electron chi connectivity index (χ3n) is 4.47. The van der Waals surface area contributed by atoms with E-state index in [1.54, 1.807) is 18.2 Å². The number of alkyl halides is 3. The second-order valence-corrected chi connectivity index (χ2v) is 7.09. The fraction of sp³-hybridized carbons (Fsp3) is 0.412. The Bertz CT molecular complexity index is 844. The summed E-state index contributed by atoms with van der Waals surface area (Å²) in [5.74, 6) is -0.841. The molecule has 2 heterocycles. The number of aryl methyl sites for hydroxylation is 1. The van der Waals surface area contributed by atoms with Crippen LogP contribution in [0.3, 0.4) is 0 Å². The molecule has 146 valence electrons. The Morgan fingerprint density at radius 3 is 2.37 bits per heavy atom. The van der Waals surface area contributed by atoms with E-state index < -0.39 is 17.8 Å². The molecule has 0 N–H and O–H groups in total. The summed E-state index contributed by atoms with van der Waals surface area (Å²) in [5.41, 5.74) is -0.684. The predicted octanol–water partition coefficient (Wildman–Crippen LogP) is 3.30. The van der Waals surface area contributed by atoms with Crippen molar-refractivity contribution < 1.29 is 22.4 Å². The van der Waals surface area contributed by atoms with Crippen LogP contribution in [0.15, 0.2) is 28.7 Å². The zero-order valence-corrected chi connectivity index (χ0v) is 16.0. The number of aromatic nitrogens is 2. The number of hydrogen-bond acceptors (Lipinski definition) is 3. The van der Waals surface area contributed by atoms with Crippen LogP contribution in [0.4, 0.5) is 17.6 Å². The fourth-order valence-corrected chi connectivity index (χ4v) is 3.80. The van der Waals surface area contributed by atoms with E-state index in [0.717, 1.165) is 7.05 Å². The molecule has 0 spiro atoms. The van der Waals surface area contributed by atoms with Crippen molar-refractivity contribution in [1.82, 2.24) is 19.6 Å². The summed E-state index contributed by atoms with van der Waals surface area (Å²) in [4.78, 5) is 16.1. The van der Waals surface area contributed by atoms with Gasteiger partial charge in [0.1, 0.15) is 5.82 Å². The lowest BCUT2D eigenvalue weighted by atomic mass is 10.2. The van der Waals surface area contributed by atoms with Gasteiger partial charge in [0.15, 0.2) is 11.4 Å². The van der Waals surface area contributed by atoms with Crippen molar-refractivity contribution in [3.8, 4) is 0 Å². The second-order valence-electron chi connectivity index (χ2n) is 6.29. The topological polar surface area (TPSA) is 41.4 Å². The minimum Gasteiger partial charge on any atom is -0.335 e. The average molecular weight is 449 g/mol. The third-order valence-corrected chi connectivity index (χ3v) is 5.22. The van der Waals surface area contributed by atoms with E-state index in [4.69, 9.17) is 0 Å². The molecule has 1 aromatic carbocycles. The zero-order chi connectivity index (χ0) is 19.8. The van der Waals surface area contributed by atoms with Crippen molar-refractivity contribution in [2.24, 2.45) is 7.05 Å². The summed E-state index contributed by atoms with van der Waals surface area (Å²) >= 11 is 2.87. The molecule has 1 aromatic heterocycles. The molecule has 1 aliphatic heterocycles. The van der Waals surface area contributed by atoms with Gasteiger partial charge >= 0.3 is 6.18 Å². The van der Waals surface area contributed by atoms with Gasteiger partial charge in [0.25, 0.3) is 5.91 Å². The molecule has 5 nitrogen and oxygen atoms in total. The van der Waals surface area contributed by atoms with Crippen LogP contribution >= 0.6 is 15.9 Å². The van der Waals surface area contributed by atoms with Crippen LogP contribution in [0.5, 0.6) is 0 Å². The minimum absolute atomic E-state index is 0.257. The average Bonchev–Trinajstić information content (AvgIpc) is 2.91. The van der Waals surface area contributed by atoms with Crippen LogP contribution in [-0.2, 0) is 19.8 Å². The standard InChI is InChI=1S/C17H17BrF4N4O/c1-24-15(17(20,21)22)13(18)14(23-24)16(27)26-8-6-25(7-9-26)10-11-4-2-3-5-12(11)19/h2-5H,6-10H2,1H3. The maximum absolute atomic E-state index is 13.8. The van der Waals surface area contributed by atoms with Gasteiger partial charge in [0.2, 0.25) is 0 Å². The molecule has 2 aromatic rings. The van der Waals surface area contributed by atoms with Gasteiger partial charge in [-0.25, -0.2) is 4.39 Å². The first-order chi connectivity index (χ1) is 12.7. The Hall–Kier alpha value is -1.94. The van der Waals surface area contributed by atoms with Crippen LogP contribution in [0, 0.1) is 5.82 Å². The van der Waals surface area contributed by atoms with Crippen LogP contribution in [0.1, 0.15) is 21.7 Å². The van der Waals surface area contributed by atoms with Crippen LogP contribution in [-0.4, -0.2) is 51.7 Å². The summed E-state index contributed by atoms with van der Waals surface area (Å²) < 4.78 is 53.3. The number of nitrogens with zero attached hydrogens (tertiary/aromatic N) is 4. The van der Waals surface area contributed by atoms with Crippen molar-refractivity contribution in [1.29, 1.82) is 0 Å². The van der Waals surface area contributed by atoms with E-state index in [-0.39, 0.29) is 16.0 Å². The molecule has 1 fully saturated rings. The molecular weight excluding hydrogens is 432 g/mol. The first-order valence-electron chi connectivity index (χ1n) is 8.23. The molecule has 1 amide bonds. The lowest BCUT2D eigenvalue weighted by Crippen LogP contribution is -2.48. The van der Waals surface area contributed by atoms with Gasteiger partial charge in [-0.15, -0.1) is 0 Å². The minimum atomic E-state index is -4.61. The molecule has 1 aliphatic rings. The summed E-state index contributed by atoms with van der Waals surface area (Å²) in [6.45, 7) is 2.07. The highest BCUT2D eigenvalue weighted by molar-refractivity contribution is 9.10. The van der Waals surface area contributed by atoms with Gasteiger partial charge in [-0.1, -0.05) is 18.2 Å². The Morgan fingerprint density at radius 2 is 1.81 bits per heavy atom. The Balaban J connectivity index is 1.66. The van der Waals surface area contributed by atoms with E-state index in [2.05, 4.69) is 21.0 Å². The number of benzene rings is 1. The highest BCUT2D eigenvalue weighted by Gasteiger charge is 2.40. The van der Waals surface area contributed by atoms with Crippen molar-refractivity contribution >= 4 is 21.8 Å². The molecule has 1 saturated heterocycles. The highest BCUT2D eigenvalue weighted by Crippen LogP contribution is 2.36. The van der Waals surface area contributed by atoms with Crippen LogP contribution in [0.25, 0.3) is 0 Å². The third kappa shape index (κ3) is 4.16. The maximum Gasteiger partial charge on any atom is 0.434 e. The van der Waals surface area contributed by atoms with Gasteiger partial charge in [-0.05, 0) is 22.0 Å². The monoisotopic (exact) mass is 448 g/mol. The first-order valence-corrected chi connectivity index (χ1v) is 9.02.